The molecule has 0 saturated heterocycles. The Bertz CT molecular complexity index is 897. The molecule has 140 valence electrons. The molecule has 2 aromatic rings. The lowest BCUT2D eigenvalue weighted by Gasteiger charge is -2.08. The zero-order valence-electron chi connectivity index (χ0n) is 12.7. The molecular formula is C13H8ClF4N3O5. The molecule has 0 fully saturated rings. The van der Waals surface area contributed by atoms with E-state index in [4.69, 9.17) is 16.7 Å². The Morgan fingerprint density at radius 1 is 1.46 bits per heavy atom. The smallest absolute Gasteiger partial charge is 0.434 e. The van der Waals surface area contributed by atoms with Crippen LogP contribution in [0.15, 0.2) is 12.1 Å². The van der Waals surface area contributed by atoms with Crippen LogP contribution >= 0.6 is 11.6 Å². The van der Waals surface area contributed by atoms with Gasteiger partial charge in [0, 0.05) is 24.7 Å². The molecule has 2 rings (SSSR count). The summed E-state index contributed by atoms with van der Waals surface area (Å²) in [6.07, 6.45) is -4.88. The summed E-state index contributed by atoms with van der Waals surface area (Å²) in [7, 11) is 0.925. The number of aryl methyl sites for hydroxylation is 1. The first-order valence-electron chi connectivity index (χ1n) is 6.56. The molecule has 0 amide bonds. The van der Waals surface area contributed by atoms with Crippen LogP contribution in [0.1, 0.15) is 5.69 Å². The maximum Gasteiger partial charge on any atom is 0.434 e. The Hall–Kier alpha value is -2.89. The Morgan fingerprint density at radius 2 is 2.08 bits per heavy atom. The third-order valence-corrected chi connectivity index (χ3v) is 3.47. The largest absolute Gasteiger partial charge is 0.479 e. The molecule has 0 bridgehead atoms. The highest BCUT2D eigenvalue weighted by atomic mass is 35.5. The SMILES string of the molecule is Cn1nc(-c2cc([N+](=O)[O-])c(OCC(=O)O)cc2F)c(Cl)c1C(F)(F)F. The van der Waals surface area contributed by atoms with Crippen LogP contribution < -0.4 is 4.74 Å². The van der Waals surface area contributed by atoms with Crippen LogP contribution in [0.2, 0.25) is 5.02 Å². The number of carboxylic acids is 1. The van der Waals surface area contributed by atoms with Crippen molar-refractivity contribution in [1.29, 1.82) is 0 Å². The van der Waals surface area contributed by atoms with Gasteiger partial charge in [-0.05, 0) is 0 Å². The Kier molecular flexibility index (Phi) is 5.07. The van der Waals surface area contributed by atoms with E-state index in [9.17, 15) is 32.5 Å². The van der Waals surface area contributed by atoms with Crippen molar-refractivity contribution in [3.05, 3.63) is 38.8 Å². The number of halogens is 5. The van der Waals surface area contributed by atoms with E-state index in [0.29, 0.717) is 16.8 Å². The number of hydrogen-bond acceptors (Lipinski definition) is 5. The van der Waals surface area contributed by atoms with Crippen molar-refractivity contribution >= 4 is 23.3 Å². The van der Waals surface area contributed by atoms with E-state index < -0.39 is 62.9 Å². The lowest BCUT2D eigenvalue weighted by atomic mass is 10.1. The lowest BCUT2D eigenvalue weighted by molar-refractivity contribution is -0.385. The molecule has 0 aliphatic rings. The fraction of sp³-hybridized carbons (Fsp3) is 0.231. The van der Waals surface area contributed by atoms with Gasteiger partial charge < -0.3 is 9.84 Å². The highest BCUT2D eigenvalue weighted by Crippen LogP contribution is 2.42. The highest BCUT2D eigenvalue weighted by molar-refractivity contribution is 6.33. The van der Waals surface area contributed by atoms with Crippen molar-refractivity contribution in [3.8, 4) is 17.0 Å². The number of carboxylic acid groups (broad SMARTS) is 1. The molecule has 0 aliphatic carbocycles. The summed E-state index contributed by atoms with van der Waals surface area (Å²) in [6, 6.07) is 1.05. The molecule has 0 spiro atoms. The number of aliphatic carboxylic acids is 1. The molecule has 26 heavy (non-hydrogen) atoms. The van der Waals surface area contributed by atoms with Gasteiger partial charge >= 0.3 is 17.8 Å². The predicted octanol–water partition coefficient (Wildman–Crippen LogP) is 3.27. The van der Waals surface area contributed by atoms with E-state index >= 15 is 0 Å². The van der Waals surface area contributed by atoms with Crippen LogP contribution in [0.4, 0.5) is 23.2 Å². The maximum absolute atomic E-state index is 14.3. The number of ether oxygens (including phenoxy) is 1. The van der Waals surface area contributed by atoms with Gasteiger partial charge in [0.05, 0.1) is 9.95 Å². The number of carbonyl (C=O) groups is 1. The molecule has 1 aromatic heterocycles. The van der Waals surface area contributed by atoms with Crippen LogP contribution in [-0.4, -0.2) is 32.4 Å². The second-order valence-electron chi connectivity index (χ2n) is 4.87. The van der Waals surface area contributed by atoms with Gasteiger partial charge in [-0.25, -0.2) is 9.18 Å². The third-order valence-electron chi connectivity index (χ3n) is 3.11. The highest BCUT2D eigenvalue weighted by Gasteiger charge is 2.39. The molecule has 13 heteroatoms. The van der Waals surface area contributed by atoms with Crippen LogP contribution in [0.5, 0.6) is 5.75 Å². The molecular weight excluding hydrogens is 390 g/mol. The summed E-state index contributed by atoms with van der Waals surface area (Å²) in [5.74, 6) is -3.40. The van der Waals surface area contributed by atoms with Crippen molar-refractivity contribution in [2.75, 3.05) is 6.61 Å². The van der Waals surface area contributed by atoms with E-state index in [1.165, 1.54) is 0 Å². The lowest BCUT2D eigenvalue weighted by Crippen LogP contribution is -2.12. The van der Waals surface area contributed by atoms with E-state index in [1.807, 2.05) is 0 Å². The number of alkyl halides is 3. The van der Waals surface area contributed by atoms with Gasteiger partial charge in [-0.3, -0.25) is 14.8 Å². The van der Waals surface area contributed by atoms with Gasteiger partial charge in [-0.1, -0.05) is 11.6 Å². The summed E-state index contributed by atoms with van der Waals surface area (Å²) in [4.78, 5) is 20.6. The van der Waals surface area contributed by atoms with Gasteiger partial charge in [0.2, 0.25) is 5.75 Å². The molecule has 8 nitrogen and oxygen atoms in total. The number of aromatic nitrogens is 2. The zero-order valence-corrected chi connectivity index (χ0v) is 13.4. The van der Waals surface area contributed by atoms with E-state index in [-0.39, 0.29) is 0 Å². The molecule has 0 radical (unpaired) electrons. The molecule has 1 N–H and O–H groups in total. The fourth-order valence-electron chi connectivity index (χ4n) is 2.10. The normalized spacial score (nSPS) is 11.5. The number of hydrogen-bond donors (Lipinski definition) is 1. The van der Waals surface area contributed by atoms with Crippen molar-refractivity contribution in [2.45, 2.75) is 6.18 Å². The molecule has 0 aliphatic heterocycles. The average molecular weight is 398 g/mol. The van der Waals surface area contributed by atoms with Gasteiger partial charge in [0.15, 0.2) is 12.3 Å². The third kappa shape index (κ3) is 3.69. The molecule has 1 heterocycles. The van der Waals surface area contributed by atoms with E-state index in [0.717, 1.165) is 7.05 Å². The van der Waals surface area contributed by atoms with Crippen molar-refractivity contribution in [3.63, 3.8) is 0 Å². The second-order valence-corrected chi connectivity index (χ2v) is 5.25. The topological polar surface area (TPSA) is 107 Å². The minimum atomic E-state index is -4.88. The van der Waals surface area contributed by atoms with Crippen LogP contribution in [-0.2, 0) is 18.0 Å². The van der Waals surface area contributed by atoms with Gasteiger partial charge in [-0.2, -0.15) is 18.3 Å². The van der Waals surface area contributed by atoms with Crippen molar-refractivity contribution < 1.29 is 37.1 Å². The van der Waals surface area contributed by atoms with Crippen LogP contribution in [0.25, 0.3) is 11.3 Å². The van der Waals surface area contributed by atoms with E-state index in [1.54, 1.807) is 0 Å². The second kappa shape index (κ2) is 6.78. The van der Waals surface area contributed by atoms with Crippen LogP contribution in [0, 0.1) is 15.9 Å². The molecule has 0 unspecified atom stereocenters. The summed E-state index contributed by atoms with van der Waals surface area (Å²) < 4.78 is 58.2. The standard InChI is InChI=1S/C13H8ClF4N3O5/c1-20-12(13(16,17)18)10(14)11(19-20)5-2-7(21(24)25)8(3-6(5)15)26-4-9(22)23/h2-3H,4H2,1H3,(H,22,23). The number of rotatable bonds is 5. The first-order chi connectivity index (χ1) is 11.9. The van der Waals surface area contributed by atoms with Gasteiger partial charge in [0.1, 0.15) is 11.5 Å². The molecule has 0 atom stereocenters. The first-order valence-corrected chi connectivity index (χ1v) is 6.93. The number of nitrogens with zero attached hydrogens (tertiary/aromatic N) is 3. The Labute approximate surface area is 146 Å². The summed E-state index contributed by atoms with van der Waals surface area (Å²) >= 11 is 5.65. The monoisotopic (exact) mass is 397 g/mol. The molecule has 1 aromatic carbocycles. The quantitative estimate of drug-likeness (QED) is 0.471. The van der Waals surface area contributed by atoms with Gasteiger partial charge in [-0.15, -0.1) is 0 Å². The summed E-state index contributed by atoms with van der Waals surface area (Å²) in [5.41, 5.74) is -3.55. The number of benzene rings is 1. The fourth-order valence-corrected chi connectivity index (χ4v) is 2.47. The van der Waals surface area contributed by atoms with Gasteiger partial charge in [0.25, 0.3) is 0 Å². The predicted molar refractivity (Wildman–Crippen MR) is 78.4 cm³/mol. The van der Waals surface area contributed by atoms with Crippen molar-refractivity contribution in [1.82, 2.24) is 9.78 Å². The minimum Gasteiger partial charge on any atom is -0.479 e. The van der Waals surface area contributed by atoms with E-state index in [2.05, 4.69) is 9.84 Å². The number of nitro benzene ring substituents is 1. The maximum atomic E-state index is 14.3. The Balaban J connectivity index is 2.63. The van der Waals surface area contributed by atoms with Crippen molar-refractivity contribution in [2.24, 2.45) is 7.05 Å². The first kappa shape index (κ1) is 19.4. The van der Waals surface area contributed by atoms with Crippen LogP contribution in [0.3, 0.4) is 0 Å². The number of nitro groups is 1. The summed E-state index contributed by atoms with van der Waals surface area (Å²) in [6.45, 7) is -0.984. The zero-order chi connectivity index (χ0) is 19.8. The summed E-state index contributed by atoms with van der Waals surface area (Å²) in [5, 5.41) is 22.2. The minimum absolute atomic E-state index is 0.373. The molecule has 0 saturated carbocycles. The Morgan fingerprint density at radius 3 is 2.54 bits per heavy atom. The average Bonchev–Trinajstić information content (AvgIpc) is 2.79.